The summed E-state index contributed by atoms with van der Waals surface area (Å²) in [7, 11) is 0. The molecule has 26 heavy (non-hydrogen) atoms. The molecule has 8 heteroatoms. The molecule has 0 atom stereocenters. The van der Waals surface area contributed by atoms with Crippen LogP contribution in [0.5, 0.6) is 0 Å². The number of hydrogen-bond donors (Lipinski definition) is 3. The van der Waals surface area contributed by atoms with Gasteiger partial charge in [-0.2, -0.15) is 0 Å². The maximum absolute atomic E-state index is 11.4. The van der Waals surface area contributed by atoms with E-state index < -0.39 is 5.91 Å². The summed E-state index contributed by atoms with van der Waals surface area (Å²) in [6, 6.07) is 8.72. The van der Waals surface area contributed by atoms with Crippen LogP contribution in [0.4, 0.5) is 11.6 Å². The number of nitrogens with zero attached hydrogens (tertiary/aromatic N) is 4. The Hall–Kier alpha value is -3.26. The van der Waals surface area contributed by atoms with E-state index in [0.29, 0.717) is 11.5 Å². The number of nitrogens with one attached hydrogen (secondary N) is 2. The Bertz CT molecular complexity index is 918. The molecule has 3 N–H and O–H groups in total. The molecule has 0 radical (unpaired) electrons. The van der Waals surface area contributed by atoms with Crippen LogP contribution in [0.15, 0.2) is 42.7 Å². The summed E-state index contributed by atoms with van der Waals surface area (Å²) in [4.78, 5) is 24.6. The Morgan fingerprint density at radius 1 is 1.15 bits per heavy atom. The van der Waals surface area contributed by atoms with Gasteiger partial charge in [0, 0.05) is 23.5 Å². The van der Waals surface area contributed by atoms with Crippen LogP contribution in [0.2, 0.25) is 0 Å². The van der Waals surface area contributed by atoms with Gasteiger partial charge in [-0.3, -0.25) is 10.0 Å². The average molecular weight is 352 g/mol. The summed E-state index contributed by atoms with van der Waals surface area (Å²) in [5.74, 6) is 0.809. The second kappa shape index (κ2) is 7.32. The lowest BCUT2D eigenvalue weighted by Gasteiger charge is -2.14. The van der Waals surface area contributed by atoms with E-state index in [-0.39, 0.29) is 6.04 Å². The topological polar surface area (TPSA) is 105 Å². The van der Waals surface area contributed by atoms with E-state index in [1.165, 1.54) is 0 Å². The van der Waals surface area contributed by atoms with Crippen molar-refractivity contribution < 1.29 is 10.0 Å². The van der Waals surface area contributed by atoms with Crippen molar-refractivity contribution in [2.45, 2.75) is 26.8 Å². The first-order valence-electron chi connectivity index (χ1n) is 8.18. The molecule has 0 fully saturated rings. The Kier molecular flexibility index (Phi) is 4.94. The number of carbonyl (C=O) groups excluding carboxylic acids is 1. The van der Waals surface area contributed by atoms with Crippen molar-refractivity contribution in [1.82, 2.24) is 25.0 Å². The average Bonchev–Trinajstić information content (AvgIpc) is 3.04. The van der Waals surface area contributed by atoms with Crippen molar-refractivity contribution in [3.8, 4) is 11.4 Å². The van der Waals surface area contributed by atoms with Crippen LogP contribution in [0.1, 0.15) is 36.1 Å². The fraction of sp³-hybridized carbons (Fsp3) is 0.222. The molecule has 8 nitrogen and oxygen atoms in total. The van der Waals surface area contributed by atoms with E-state index in [1.54, 1.807) is 35.9 Å². The molecule has 2 heterocycles. The Morgan fingerprint density at radius 2 is 1.88 bits per heavy atom. The highest BCUT2D eigenvalue weighted by Gasteiger charge is 2.13. The smallest absolute Gasteiger partial charge is 0.274 e. The molecule has 1 amide bonds. The second-order valence-electron chi connectivity index (χ2n) is 6.06. The van der Waals surface area contributed by atoms with Crippen molar-refractivity contribution in [2.24, 2.45) is 0 Å². The fourth-order valence-corrected chi connectivity index (χ4v) is 2.75. The van der Waals surface area contributed by atoms with Crippen LogP contribution in [0, 0.1) is 6.92 Å². The number of hydroxylamine groups is 1. The highest BCUT2D eigenvalue weighted by Crippen LogP contribution is 2.24. The minimum atomic E-state index is -0.563. The molecule has 0 aliphatic carbocycles. The number of hydrogen-bond acceptors (Lipinski definition) is 6. The number of benzene rings is 1. The molecule has 134 valence electrons. The molecule has 0 saturated heterocycles. The molecule has 0 spiro atoms. The number of imidazole rings is 1. The maximum Gasteiger partial charge on any atom is 0.274 e. The molecule has 0 bridgehead atoms. The number of anilines is 2. The van der Waals surface area contributed by atoms with E-state index >= 15 is 0 Å². The fourth-order valence-electron chi connectivity index (χ4n) is 2.75. The summed E-state index contributed by atoms with van der Waals surface area (Å²) in [5, 5.41) is 11.8. The van der Waals surface area contributed by atoms with Gasteiger partial charge in [0.25, 0.3) is 5.91 Å². The van der Waals surface area contributed by atoms with E-state index in [1.807, 2.05) is 19.2 Å². The number of aromatic nitrogens is 4. The van der Waals surface area contributed by atoms with Crippen LogP contribution >= 0.6 is 0 Å². The predicted octanol–water partition coefficient (Wildman–Crippen LogP) is 3.09. The largest absolute Gasteiger partial charge is 0.324 e. The lowest BCUT2D eigenvalue weighted by atomic mass is 10.2. The van der Waals surface area contributed by atoms with Gasteiger partial charge in [0.05, 0.1) is 17.6 Å². The summed E-state index contributed by atoms with van der Waals surface area (Å²) in [5.41, 5.74) is 4.38. The number of carbonyl (C=O) groups is 1. The van der Waals surface area contributed by atoms with Crippen molar-refractivity contribution in [3.63, 3.8) is 0 Å². The molecule has 0 unspecified atom stereocenters. The van der Waals surface area contributed by atoms with Gasteiger partial charge < -0.3 is 9.88 Å². The van der Waals surface area contributed by atoms with Gasteiger partial charge in [0.1, 0.15) is 5.82 Å². The van der Waals surface area contributed by atoms with E-state index in [0.717, 1.165) is 22.9 Å². The van der Waals surface area contributed by atoms with Crippen LogP contribution in [-0.4, -0.2) is 30.6 Å². The molecule has 2 aromatic heterocycles. The number of rotatable bonds is 5. The third kappa shape index (κ3) is 3.55. The molecular formula is C18H20N6O2. The lowest BCUT2D eigenvalue weighted by Crippen LogP contribution is -2.18. The lowest BCUT2D eigenvalue weighted by molar-refractivity contribution is 0.0706. The molecular weight excluding hydrogens is 332 g/mol. The van der Waals surface area contributed by atoms with E-state index in [4.69, 9.17) is 5.21 Å². The highest BCUT2D eigenvalue weighted by atomic mass is 16.5. The van der Waals surface area contributed by atoms with Gasteiger partial charge in [-0.15, -0.1) is 0 Å². The van der Waals surface area contributed by atoms with Gasteiger partial charge in [0.15, 0.2) is 0 Å². The Morgan fingerprint density at radius 3 is 2.54 bits per heavy atom. The molecule has 1 aromatic carbocycles. The van der Waals surface area contributed by atoms with Gasteiger partial charge in [0.2, 0.25) is 5.95 Å². The normalized spacial score (nSPS) is 10.8. The summed E-state index contributed by atoms with van der Waals surface area (Å²) < 4.78 is 2.12. The monoisotopic (exact) mass is 352 g/mol. The van der Waals surface area contributed by atoms with Crippen molar-refractivity contribution in [2.75, 3.05) is 5.32 Å². The molecule has 3 aromatic rings. The minimum Gasteiger partial charge on any atom is -0.324 e. The zero-order valence-electron chi connectivity index (χ0n) is 14.8. The summed E-state index contributed by atoms with van der Waals surface area (Å²) >= 11 is 0. The Labute approximate surface area is 150 Å². The van der Waals surface area contributed by atoms with Crippen LogP contribution in [0.25, 0.3) is 11.4 Å². The molecule has 3 rings (SSSR count). The van der Waals surface area contributed by atoms with E-state index in [9.17, 15) is 4.79 Å². The first-order valence-corrected chi connectivity index (χ1v) is 8.18. The molecule has 0 aliphatic rings. The molecule has 0 aliphatic heterocycles. The minimum absolute atomic E-state index is 0.268. The van der Waals surface area contributed by atoms with Gasteiger partial charge >= 0.3 is 0 Å². The third-order valence-corrected chi connectivity index (χ3v) is 3.92. The van der Waals surface area contributed by atoms with Gasteiger partial charge in [-0.25, -0.2) is 20.4 Å². The van der Waals surface area contributed by atoms with Gasteiger partial charge in [-0.05, 0) is 51.1 Å². The first-order chi connectivity index (χ1) is 12.5. The number of amides is 1. The zero-order valence-corrected chi connectivity index (χ0v) is 14.8. The highest BCUT2D eigenvalue weighted by molar-refractivity contribution is 5.93. The Balaban J connectivity index is 1.85. The zero-order chi connectivity index (χ0) is 18.7. The van der Waals surface area contributed by atoms with Crippen LogP contribution in [0.3, 0.4) is 0 Å². The second-order valence-corrected chi connectivity index (χ2v) is 6.06. The summed E-state index contributed by atoms with van der Waals surface area (Å²) in [6.07, 6.45) is 3.50. The van der Waals surface area contributed by atoms with Gasteiger partial charge in [-0.1, -0.05) is 0 Å². The molecule has 0 saturated carbocycles. The van der Waals surface area contributed by atoms with Crippen molar-refractivity contribution in [3.05, 3.63) is 54.1 Å². The van der Waals surface area contributed by atoms with Crippen molar-refractivity contribution in [1.29, 1.82) is 0 Å². The van der Waals surface area contributed by atoms with Crippen LogP contribution in [-0.2, 0) is 0 Å². The predicted molar refractivity (Wildman–Crippen MR) is 97.4 cm³/mol. The SMILES string of the molecule is Cc1ncc(-c2ccnc(Nc3ccc(C(=O)NO)cc3)n2)n1C(C)C. The number of aryl methyl sites for hydroxylation is 1. The maximum atomic E-state index is 11.4. The first kappa shape index (κ1) is 17.6. The summed E-state index contributed by atoms with van der Waals surface area (Å²) in [6.45, 7) is 6.17. The quantitative estimate of drug-likeness (QED) is 0.481. The van der Waals surface area contributed by atoms with Crippen LogP contribution < -0.4 is 10.8 Å². The van der Waals surface area contributed by atoms with Crippen molar-refractivity contribution >= 4 is 17.5 Å². The standard InChI is InChI=1S/C18H20N6O2/c1-11(2)24-12(3)20-10-16(24)15-8-9-19-18(22-15)21-14-6-4-13(5-7-14)17(25)23-26/h4-11,26H,1-3H3,(H,23,25)(H,19,21,22). The third-order valence-electron chi connectivity index (χ3n) is 3.92. The van der Waals surface area contributed by atoms with E-state index in [2.05, 4.69) is 38.7 Å².